The molecule has 0 aliphatic heterocycles. The van der Waals surface area contributed by atoms with Crippen molar-refractivity contribution in [3.8, 4) is 0 Å². The number of esters is 1. The minimum atomic E-state index is -0.707. The lowest BCUT2D eigenvalue weighted by Gasteiger charge is -2.02. The van der Waals surface area contributed by atoms with Crippen molar-refractivity contribution >= 4 is 28.5 Å². The third-order valence-corrected chi connectivity index (χ3v) is 3.98. The highest BCUT2D eigenvalue weighted by atomic mass is 19.1. The molecule has 1 amide bonds. The molecule has 136 valence electrons. The number of nitrogens with zero attached hydrogens (tertiary/aromatic N) is 3. The lowest BCUT2D eigenvalue weighted by molar-refractivity contribution is 0.0601. The maximum absolute atomic E-state index is 13.7. The molecule has 0 bridgehead atoms. The van der Waals surface area contributed by atoms with Crippen molar-refractivity contribution in [2.45, 2.75) is 6.54 Å². The van der Waals surface area contributed by atoms with E-state index in [1.807, 2.05) is 0 Å². The molecule has 27 heavy (non-hydrogen) atoms. The van der Waals surface area contributed by atoms with Gasteiger partial charge in [0.05, 0.1) is 19.9 Å². The van der Waals surface area contributed by atoms with Crippen LogP contribution in [0.15, 0.2) is 47.3 Å². The lowest BCUT2D eigenvalue weighted by Crippen LogP contribution is -2.22. The van der Waals surface area contributed by atoms with Gasteiger partial charge in [-0.1, -0.05) is 0 Å². The number of halogens is 1. The van der Waals surface area contributed by atoms with E-state index in [4.69, 9.17) is 4.42 Å². The average Bonchev–Trinajstić information content (AvgIpc) is 3.28. The molecule has 0 saturated carbocycles. The van der Waals surface area contributed by atoms with Crippen molar-refractivity contribution < 1.29 is 23.1 Å². The molecule has 0 unspecified atom stereocenters. The number of furan rings is 1. The first-order chi connectivity index (χ1) is 13.1. The molecule has 3 aromatic heterocycles. The number of carbonyl (C=O) groups is 2. The van der Waals surface area contributed by atoms with Crippen molar-refractivity contribution in [3.63, 3.8) is 0 Å². The van der Waals surface area contributed by atoms with E-state index in [9.17, 15) is 14.0 Å². The average molecular weight is 368 g/mol. The van der Waals surface area contributed by atoms with Gasteiger partial charge in [0.15, 0.2) is 5.65 Å². The summed E-state index contributed by atoms with van der Waals surface area (Å²) >= 11 is 0. The Bertz CT molecular complexity index is 1180. The summed E-state index contributed by atoms with van der Waals surface area (Å²) in [6.07, 6.45) is 4.66. The van der Waals surface area contributed by atoms with Crippen LogP contribution in [0.5, 0.6) is 0 Å². The molecule has 0 aliphatic carbocycles. The topological polar surface area (TPSA) is 98.7 Å². The standard InChI is InChI=1S/C18H13FN4O4/c1-26-18(25)13-7-11(19)5-10-6-12(27-15(10)13)8-21-17(24)14-9-22-23-4-2-3-20-16(14)23/h2-7,9H,8H2,1H3,(H,21,24). The summed E-state index contributed by atoms with van der Waals surface area (Å²) in [4.78, 5) is 28.3. The van der Waals surface area contributed by atoms with Crippen molar-refractivity contribution in [3.05, 3.63) is 65.6 Å². The molecule has 0 aliphatic rings. The fourth-order valence-electron chi connectivity index (χ4n) is 2.77. The molecule has 3 heterocycles. The Kier molecular flexibility index (Phi) is 4.03. The number of methoxy groups -OCH3 is 1. The van der Waals surface area contributed by atoms with Gasteiger partial charge < -0.3 is 14.5 Å². The second-order valence-electron chi connectivity index (χ2n) is 5.70. The Balaban J connectivity index is 1.59. The van der Waals surface area contributed by atoms with E-state index >= 15 is 0 Å². The number of ether oxygens (including phenoxy) is 1. The number of nitrogens with one attached hydrogen (secondary N) is 1. The Labute approximate surface area is 151 Å². The fourth-order valence-corrected chi connectivity index (χ4v) is 2.77. The summed E-state index contributed by atoms with van der Waals surface area (Å²) in [6, 6.07) is 5.55. The molecule has 4 rings (SSSR count). The van der Waals surface area contributed by atoms with Crippen molar-refractivity contribution in [1.82, 2.24) is 19.9 Å². The van der Waals surface area contributed by atoms with Crippen LogP contribution in [0.25, 0.3) is 16.6 Å². The van der Waals surface area contributed by atoms with E-state index in [-0.39, 0.29) is 23.6 Å². The summed E-state index contributed by atoms with van der Waals surface area (Å²) in [5.74, 6) is -1.32. The predicted octanol–water partition coefficient (Wildman–Crippen LogP) is 2.33. The second kappa shape index (κ2) is 6.52. The van der Waals surface area contributed by atoms with E-state index in [0.29, 0.717) is 22.4 Å². The molecule has 0 atom stereocenters. The zero-order chi connectivity index (χ0) is 19.0. The first kappa shape index (κ1) is 16.7. The Hall–Kier alpha value is -3.75. The Morgan fingerprint density at radius 3 is 2.96 bits per heavy atom. The second-order valence-corrected chi connectivity index (χ2v) is 5.70. The van der Waals surface area contributed by atoms with Crippen molar-refractivity contribution in [2.24, 2.45) is 0 Å². The summed E-state index contributed by atoms with van der Waals surface area (Å²) < 4.78 is 25.5. The molecule has 0 spiro atoms. The van der Waals surface area contributed by atoms with Crippen LogP contribution < -0.4 is 5.32 Å². The summed E-state index contributed by atoms with van der Waals surface area (Å²) in [5, 5.41) is 7.15. The normalized spacial score (nSPS) is 11.0. The zero-order valence-electron chi connectivity index (χ0n) is 14.1. The molecular weight excluding hydrogens is 355 g/mol. The molecule has 9 heteroatoms. The fraction of sp³-hybridized carbons (Fsp3) is 0.111. The van der Waals surface area contributed by atoms with E-state index in [2.05, 4.69) is 20.1 Å². The van der Waals surface area contributed by atoms with Crippen LogP contribution >= 0.6 is 0 Å². The molecule has 1 aromatic carbocycles. The van der Waals surface area contributed by atoms with Crippen molar-refractivity contribution in [1.29, 1.82) is 0 Å². The number of carbonyl (C=O) groups excluding carboxylic acids is 2. The van der Waals surface area contributed by atoms with Gasteiger partial charge in [-0.25, -0.2) is 18.7 Å². The summed E-state index contributed by atoms with van der Waals surface area (Å²) in [7, 11) is 1.20. The quantitative estimate of drug-likeness (QED) is 0.555. The molecule has 4 aromatic rings. The van der Waals surface area contributed by atoms with E-state index < -0.39 is 11.8 Å². The van der Waals surface area contributed by atoms with Crippen LogP contribution in [0.2, 0.25) is 0 Å². The SMILES string of the molecule is COC(=O)c1cc(F)cc2cc(CNC(=O)c3cnn4cccnc34)oc12. The molecule has 8 nitrogen and oxygen atoms in total. The van der Waals surface area contributed by atoms with Crippen LogP contribution in [0.3, 0.4) is 0 Å². The minimum Gasteiger partial charge on any atom is -0.465 e. The van der Waals surface area contributed by atoms with Crippen LogP contribution in [-0.4, -0.2) is 33.6 Å². The number of rotatable bonds is 4. The molecule has 0 radical (unpaired) electrons. The van der Waals surface area contributed by atoms with Crippen LogP contribution in [-0.2, 0) is 11.3 Å². The van der Waals surface area contributed by atoms with Gasteiger partial charge in [0.2, 0.25) is 0 Å². The highest BCUT2D eigenvalue weighted by Crippen LogP contribution is 2.25. The molecule has 0 saturated heterocycles. The van der Waals surface area contributed by atoms with Crippen molar-refractivity contribution in [2.75, 3.05) is 7.11 Å². The van der Waals surface area contributed by atoms with Gasteiger partial charge in [-0.15, -0.1) is 0 Å². The van der Waals surface area contributed by atoms with Gasteiger partial charge in [0.1, 0.15) is 28.3 Å². The maximum atomic E-state index is 13.7. The van der Waals surface area contributed by atoms with Crippen LogP contribution in [0.4, 0.5) is 4.39 Å². The maximum Gasteiger partial charge on any atom is 0.341 e. The molecular formula is C18H13FN4O4. The number of benzene rings is 1. The number of hydrogen-bond donors (Lipinski definition) is 1. The van der Waals surface area contributed by atoms with Gasteiger partial charge in [-0.05, 0) is 24.3 Å². The monoisotopic (exact) mass is 368 g/mol. The number of amides is 1. The number of fused-ring (bicyclic) bond motifs is 2. The highest BCUT2D eigenvalue weighted by Gasteiger charge is 2.18. The van der Waals surface area contributed by atoms with Gasteiger partial charge in [-0.2, -0.15) is 5.10 Å². The van der Waals surface area contributed by atoms with E-state index in [0.717, 1.165) is 6.07 Å². The first-order valence-corrected chi connectivity index (χ1v) is 7.93. The van der Waals surface area contributed by atoms with Gasteiger partial charge >= 0.3 is 5.97 Å². The zero-order valence-corrected chi connectivity index (χ0v) is 14.1. The number of hydrogen-bond acceptors (Lipinski definition) is 6. The highest BCUT2D eigenvalue weighted by molar-refractivity contribution is 6.02. The van der Waals surface area contributed by atoms with Crippen LogP contribution in [0.1, 0.15) is 26.5 Å². The van der Waals surface area contributed by atoms with Gasteiger partial charge in [-0.3, -0.25) is 4.79 Å². The summed E-state index contributed by atoms with van der Waals surface area (Å²) in [5.41, 5.74) is 0.921. The smallest absolute Gasteiger partial charge is 0.341 e. The van der Waals surface area contributed by atoms with E-state index in [1.54, 1.807) is 24.5 Å². The van der Waals surface area contributed by atoms with Crippen LogP contribution in [0, 0.1) is 5.82 Å². The molecule has 0 fully saturated rings. The largest absolute Gasteiger partial charge is 0.465 e. The molecule has 1 N–H and O–H groups in total. The number of aromatic nitrogens is 3. The Morgan fingerprint density at radius 2 is 2.15 bits per heavy atom. The third-order valence-electron chi connectivity index (χ3n) is 3.98. The lowest BCUT2D eigenvalue weighted by atomic mass is 10.1. The minimum absolute atomic E-state index is 0.0168. The van der Waals surface area contributed by atoms with Gasteiger partial charge in [0.25, 0.3) is 5.91 Å². The third kappa shape index (κ3) is 2.99. The predicted molar refractivity (Wildman–Crippen MR) is 91.7 cm³/mol. The summed E-state index contributed by atoms with van der Waals surface area (Å²) in [6.45, 7) is 0.0416. The van der Waals surface area contributed by atoms with E-state index in [1.165, 1.54) is 23.9 Å². The first-order valence-electron chi connectivity index (χ1n) is 7.93. The van der Waals surface area contributed by atoms with Gasteiger partial charge in [0, 0.05) is 17.8 Å². The Morgan fingerprint density at radius 1 is 1.30 bits per heavy atom.